The van der Waals surface area contributed by atoms with Gasteiger partial charge in [-0.05, 0) is 54.2 Å². The van der Waals surface area contributed by atoms with Crippen LogP contribution in [0.3, 0.4) is 0 Å². The summed E-state index contributed by atoms with van der Waals surface area (Å²) in [6.07, 6.45) is 2.70. The van der Waals surface area contributed by atoms with Crippen molar-refractivity contribution in [1.82, 2.24) is 10.2 Å². The van der Waals surface area contributed by atoms with Gasteiger partial charge in [0.1, 0.15) is 6.04 Å². The number of imide groups is 1. The van der Waals surface area contributed by atoms with E-state index in [2.05, 4.69) is 22.3 Å². The van der Waals surface area contributed by atoms with Crippen molar-refractivity contribution in [2.45, 2.75) is 44.8 Å². The van der Waals surface area contributed by atoms with Gasteiger partial charge in [-0.1, -0.05) is 18.2 Å². The number of hydrogen-bond donors (Lipinski definition) is 2. The molecule has 3 aliphatic heterocycles. The minimum absolute atomic E-state index is 0.137. The van der Waals surface area contributed by atoms with E-state index in [1.807, 2.05) is 24.3 Å². The first-order valence-electron chi connectivity index (χ1n) is 10.4. The molecule has 1 unspecified atom stereocenters. The van der Waals surface area contributed by atoms with Crippen LogP contribution in [0.1, 0.15) is 46.3 Å². The lowest BCUT2D eigenvalue weighted by atomic mass is 9.98. The van der Waals surface area contributed by atoms with Gasteiger partial charge in [0.15, 0.2) is 0 Å². The molecule has 154 valence electrons. The largest absolute Gasteiger partial charge is 0.398 e. The van der Waals surface area contributed by atoms with Gasteiger partial charge in [0.05, 0.1) is 0 Å². The molecule has 0 spiro atoms. The van der Waals surface area contributed by atoms with Gasteiger partial charge in [-0.2, -0.15) is 0 Å². The predicted molar refractivity (Wildman–Crippen MR) is 113 cm³/mol. The van der Waals surface area contributed by atoms with Crippen LogP contribution in [0.4, 0.5) is 11.4 Å². The van der Waals surface area contributed by atoms with Gasteiger partial charge in [-0.3, -0.25) is 19.7 Å². The van der Waals surface area contributed by atoms with Crippen LogP contribution in [0.2, 0.25) is 0 Å². The second kappa shape index (κ2) is 7.16. The molecule has 2 aromatic rings. The smallest absolute Gasteiger partial charge is 0.255 e. The summed E-state index contributed by atoms with van der Waals surface area (Å²) in [4.78, 5) is 40.4. The number of piperidine rings is 1. The predicted octanol–water partition coefficient (Wildman–Crippen LogP) is 1.98. The van der Waals surface area contributed by atoms with Crippen molar-refractivity contribution >= 4 is 29.1 Å². The van der Waals surface area contributed by atoms with E-state index >= 15 is 0 Å². The number of hydrogen-bond acceptors (Lipinski definition) is 5. The number of carbonyl (C=O) groups is 3. The highest BCUT2D eigenvalue weighted by molar-refractivity contribution is 6.05. The fourth-order valence-electron chi connectivity index (χ4n) is 4.84. The monoisotopic (exact) mass is 404 g/mol. The van der Waals surface area contributed by atoms with Crippen molar-refractivity contribution in [3.05, 3.63) is 58.7 Å². The van der Waals surface area contributed by atoms with Gasteiger partial charge in [0, 0.05) is 43.0 Å². The Morgan fingerprint density at radius 2 is 1.97 bits per heavy atom. The average Bonchev–Trinajstić information content (AvgIpc) is 3.04. The van der Waals surface area contributed by atoms with Crippen molar-refractivity contribution in [3.63, 3.8) is 0 Å². The first-order valence-corrected chi connectivity index (χ1v) is 10.4. The highest BCUT2D eigenvalue weighted by Gasteiger charge is 2.39. The number of anilines is 2. The molecule has 0 saturated carbocycles. The quantitative estimate of drug-likeness (QED) is 0.603. The number of nitrogens with two attached hydrogens (primary N) is 1. The molecular formula is C23H24N4O3. The van der Waals surface area contributed by atoms with E-state index in [9.17, 15) is 14.4 Å². The molecule has 3 amide bonds. The molecule has 1 fully saturated rings. The third-order valence-electron chi connectivity index (χ3n) is 6.34. The highest BCUT2D eigenvalue weighted by atomic mass is 16.2. The van der Waals surface area contributed by atoms with Crippen LogP contribution in [-0.2, 0) is 29.1 Å². The number of nitrogens with one attached hydrogen (secondary N) is 1. The first-order chi connectivity index (χ1) is 14.5. The van der Waals surface area contributed by atoms with Gasteiger partial charge in [0.25, 0.3) is 5.91 Å². The molecular weight excluding hydrogens is 380 g/mol. The van der Waals surface area contributed by atoms with E-state index < -0.39 is 6.04 Å². The number of rotatable bonds is 3. The second-order valence-corrected chi connectivity index (χ2v) is 8.26. The number of benzene rings is 2. The third-order valence-corrected chi connectivity index (χ3v) is 6.34. The molecule has 3 aliphatic rings. The molecule has 1 atom stereocenters. The normalized spacial score (nSPS) is 20.8. The Hall–Kier alpha value is -3.35. The zero-order valence-electron chi connectivity index (χ0n) is 16.7. The topological polar surface area (TPSA) is 95.7 Å². The van der Waals surface area contributed by atoms with Crippen molar-refractivity contribution in [2.24, 2.45) is 0 Å². The molecule has 0 aliphatic carbocycles. The summed E-state index contributed by atoms with van der Waals surface area (Å²) in [5.74, 6) is -0.789. The number of carbonyl (C=O) groups excluding carboxylic acids is 3. The molecule has 3 N–H and O–H groups in total. The van der Waals surface area contributed by atoms with E-state index in [-0.39, 0.29) is 24.1 Å². The maximum atomic E-state index is 12.9. The molecule has 7 nitrogen and oxygen atoms in total. The van der Waals surface area contributed by atoms with Gasteiger partial charge < -0.3 is 15.5 Å². The summed E-state index contributed by atoms with van der Waals surface area (Å²) in [6.45, 7) is 2.11. The van der Waals surface area contributed by atoms with Crippen LogP contribution in [-0.4, -0.2) is 35.2 Å². The summed E-state index contributed by atoms with van der Waals surface area (Å²) in [5, 5.41) is 2.34. The maximum absolute atomic E-state index is 12.9. The average molecular weight is 404 g/mol. The highest BCUT2D eigenvalue weighted by Crippen LogP contribution is 2.33. The van der Waals surface area contributed by atoms with Crippen molar-refractivity contribution < 1.29 is 14.4 Å². The second-order valence-electron chi connectivity index (χ2n) is 8.26. The molecule has 0 radical (unpaired) electrons. The SMILES string of the molecule is Nc1cccc2c1CCCN2Cc1ccc2c(c1)CN(C1CCC(=O)NC1=O)C2=O. The summed E-state index contributed by atoms with van der Waals surface area (Å²) in [7, 11) is 0. The fraction of sp³-hybridized carbons (Fsp3) is 0.348. The first kappa shape index (κ1) is 18.7. The molecule has 7 heteroatoms. The molecule has 1 saturated heterocycles. The maximum Gasteiger partial charge on any atom is 0.255 e. The lowest BCUT2D eigenvalue weighted by Gasteiger charge is -2.32. The Balaban J connectivity index is 1.36. The molecule has 5 rings (SSSR count). The Bertz CT molecular complexity index is 1060. The zero-order chi connectivity index (χ0) is 20.8. The zero-order valence-corrected chi connectivity index (χ0v) is 16.7. The van der Waals surface area contributed by atoms with Crippen LogP contribution >= 0.6 is 0 Å². The summed E-state index contributed by atoms with van der Waals surface area (Å²) in [6, 6.07) is 11.4. The van der Waals surface area contributed by atoms with Gasteiger partial charge in [-0.25, -0.2) is 0 Å². The Kier molecular flexibility index (Phi) is 4.46. The number of fused-ring (bicyclic) bond motifs is 2. The summed E-state index contributed by atoms with van der Waals surface area (Å²) in [5.41, 5.74) is 12.1. The van der Waals surface area contributed by atoms with Crippen molar-refractivity contribution in [3.8, 4) is 0 Å². The van der Waals surface area contributed by atoms with Gasteiger partial charge in [0.2, 0.25) is 11.8 Å². The molecule has 30 heavy (non-hydrogen) atoms. The third kappa shape index (κ3) is 3.10. The Morgan fingerprint density at radius 1 is 1.10 bits per heavy atom. The van der Waals surface area contributed by atoms with E-state index in [0.29, 0.717) is 18.5 Å². The van der Waals surface area contributed by atoms with E-state index in [4.69, 9.17) is 5.73 Å². The molecule has 2 aromatic carbocycles. The van der Waals surface area contributed by atoms with Crippen LogP contribution < -0.4 is 16.0 Å². The Labute approximate surface area is 174 Å². The minimum Gasteiger partial charge on any atom is -0.398 e. The Morgan fingerprint density at radius 3 is 2.80 bits per heavy atom. The van der Waals surface area contributed by atoms with E-state index in [1.165, 1.54) is 11.3 Å². The van der Waals surface area contributed by atoms with Crippen LogP contribution in [0.15, 0.2) is 36.4 Å². The van der Waals surface area contributed by atoms with Crippen LogP contribution in [0.25, 0.3) is 0 Å². The van der Waals surface area contributed by atoms with Crippen LogP contribution in [0.5, 0.6) is 0 Å². The summed E-state index contributed by atoms with van der Waals surface area (Å²) < 4.78 is 0. The van der Waals surface area contributed by atoms with Crippen molar-refractivity contribution in [1.29, 1.82) is 0 Å². The van der Waals surface area contributed by atoms with E-state index in [0.717, 1.165) is 42.7 Å². The molecule has 0 bridgehead atoms. The summed E-state index contributed by atoms with van der Waals surface area (Å²) >= 11 is 0. The van der Waals surface area contributed by atoms with Gasteiger partial charge >= 0.3 is 0 Å². The number of nitrogens with zero attached hydrogens (tertiary/aromatic N) is 2. The molecule has 3 heterocycles. The fourth-order valence-corrected chi connectivity index (χ4v) is 4.84. The van der Waals surface area contributed by atoms with Crippen molar-refractivity contribution in [2.75, 3.05) is 17.2 Å². The van der Waals surface area contributed by atoms with E-state index in [1.54, 1.807) is 4.90 Å². The minimum atomic E-state index is -0.581. The van der Waals surface area contributed by atoms with Crippen LogP contribution in [0, 0.1) is 0 Å². The standard InChI is InChI=1S/C23H24N4O3/c24-18-4-1-5-19-17(18)3-2-10-26(19)12-14-6-7-16-15(11-14)13-27(23(16)30)20-8-9-21(28)25-22(20)29/h1,4-7,11,20H,2-3,8-10,12-13,24H2,(H,25,28,29). The molecule has 0 aromatic heterocycles. The lowest BCUT2D eigenvalue weighted by Crippen LogP contribution is -2.52. The number of nitrogen functional groups attached to an aromatic ring is 1. The lowest BCUT2D eigenvalue weighted by molar-refractivity contribution is -0.136. The number of amides is 3. The van der Waals surface area contributed by atoms with Gasteiger partial charge in [-0.15, -0.1) is 0 Å².